The van der Waals surface area contributed by atoms with Crippen LogP contribution in [0.4, 0.5) is 11.4 Å². The summed E-state index contributed by atoms with van der Waals surface area (Å²) in [5, 5.41) is 2.79. The fraction of sp³-hybridized carbons (Fsp3) is 0. The molecule has 0 spiro atoms. The lowest BCUT2D eigenvalue weighted by molar-refractivity contribution is -0.0995. The van der Waals surface area contributed by atoms with E-state index in [1.54, 1.807) is 42.5 Å². The summed E-state index contributed by atoms with van der Waals surface area (Å²) < 4.78 is 0. The Morgan fingerprint density at radius 2 is 1.46 bits per heavy atom. The van der Waals surface area contributed by atoms with Crippen LogP contribution in [-0.2, 0) is 0 Å². The van der Waals surface area contributed by atoms with Gasteiger partial charge in [-0.3, -0.25) is 14.6 Å². The molecule has 0 atom stereocenters. The molecule has 3 aromatic carbocycles. The number of hydrogen-bond donors (Lipinski definition) is 2. The molecule has 0 unspecified atom stereocenters. The SMILES string of the molecule is Nc1cccc(C(=O)Nc2ccccc2)c1OOc1ccccc1. The number of anilines is 2. The Labute approximate surface area is 139 Å². The highest BCUT2D eigenvalue weighted by molar-refractivity contribution is 6.07. The molecule has 5 heteroatoms. The van der Waals surface area contributed by atoms with Gasteiger partial charge in [0.25, 0.3) is 5.91 Å². The van der Waals surface area contributed by atoms with E-state index in [0.717, 1.165) is 0 Å². The number of para-hydroxylation sites is 3. The second-order valence-electron chi connectivity index (χ2n) is 5.02. The first-order valence-corrected chi connectivity index (χ1v) is 7.38. The fourth-order valence-corrected chi connectivity index (χ4v) is 2.11. The molecular weight excluding hydrogens is 304 g/mol. The second kappa shape index (κ2) is 7.19. The number of amides is 1. The molecule has 0 aliphatic heterocycles. The zero-order valence-corrected chi connectivity index (χ0v) is 12.8. The van der Waals surface area contributed by atoms with Gasteiger partial charge in [0.2, 0.25) is 5.75 Å². The molecule has 3 aromatic rings. The van der Waals surface area contributed by atoms with E-state index in [2.05, 4.69) is 5.32 Å². The van der Waals surface area contributed by atoms with Crippen LogP contribution in [0.2, 0.25) is 0 Å². The molecule has 120 valence electrons. The smallest absolute Gasteiger partial charge is 0.259 e. The summed E-state index contributed by atoms with van der Waals surface area (Å²) >= 11 is 0. The first kappa shape index (κ1) is 15.4. The lowest BCUT2D eigenvalue weighted by Gasteiger charge is -2.12. The van der Waals surface area contributed by atoms with Crippen molar-refractivity contribution in [2.45, 2.75) is 0 Å². The van der Waals surface area contributed by atoms with Gasteiger partial charge in [0, 0.05) is 5.69 Å². The van der Waals surface area contributed by atoms with Crippen LogP contribution in [0.15, 0.2) is 78.9 Å². The van der Waals surface area contributed by atoms with E-state index in [1.165, 1.54) is 0 Å². The summed E-state index contributed by atoms with van der Waals surface area (Å²) in [6, 6.07) is 23.1. The van der Waals surface area contributed by atoms with E-state index in [4.69, 9.17) is 15.5 Å². The van der Waals surface area contributed by atoms with E-state index in [1.807, 2.05) is 36.4 Å². The highest BCUT2D eigenvalue weighted by atomic mass is 17.2. The highest BCUT2D eigenvalue weighted by Gasteiger charge is 2.17. The van der Waals surface area contributed by atoms with Crippen molar-refractivity contribution in [1.82, 2.24) is 0 Å². The molecular formula is C19H16N2O3. The van der Waals surface area contributed by atoms with Crippen LogP contribution < -0.4 is 20.8 Å². The largest absolute Gasteiger partial charge is 0.396 e. The van der Waals surface area contributed by atoms with Crippen LogP contribution >= 0.6 is 0 Å². The molecule has 3 N–H and O–H groups in total. The molecule has 0 radical (unpaired) electrons. The minimum atomic E-state index is -0.333. The molecule has 0 bridgehead atoms. The average molecular weight is 320 g/mol. The van der Waals surface area contributed by atoms with Gasteiger partial charge in [0.15, 0.2) is 5.75 Å². The third-order valence-corrected chi connectivity index (χ3v) is 3.29. The lowest BCUT2D eigenvalue weighted by atomic mass is 10.1. The molecule has 5 nitrogen and oxygen atoms in total. The molecule has 0 aromatic heterocycles. The van der Waals surface area contributed by atoms with Gasteiger partial charge < -0.3 is 11.1 Å². The Hall–Kier alpha value is -3.47. The maximum absolute atomic E-state index is 12.5. The van der Waals surface area contributed by atoms with Crippen LogP contribution in [0.25, 0.3) is 0 Å². The van der Waals surface area contributed by atoms with Crippen molar-refractivity contribution in [3.63, 3.8) is 0 Å². The molecule has 1 amide bonds. The molecule has 0 aliphatic carbocycles. The Morgan fingerprint density at radius 3 is 2.17 bits per heavy atom. The van der Waals surface area contributed by atoms with E-state index in [9.17, 15) is 4.79 Å². The third-order valence-electron chi connectivity index (χ3n) is 3.29. The number of nitrogen functional groups attached to an aromatic ring is 1. The zero-order valence-electron chi connectivity index (χ0n) is 12.8. The molecule has 0 fully saturated rings. The first-order valence-electron chi connectivity index (χ1n) is 7.38. The molecule has 0 saturated carbocycles. The van der Waals surface area contributed by atoms with Gasteiger partial charge in [-0.25, -0.2) is 0 Å². The number of carbonyl (C=O) groups excluding carboxylic acids is 1. The van der Waals surface area contributed by atoms with Gasteiger partial charge in [-0.05, 0) is 36.4 Å². The van der Waals surface area contributed by atoms with Crippen molar-refractivity contribution in [2.24, 2.45) is 0 Å². The summed E-state index contributed by atoms with van der Waals surface area (Å²) in [6.45, 7) is 0. The van der Waals surface area contributed by atoms with Gasteiger partial charge in [-0.1, -0.05) is 42.5 Å². The standard InChI is InChI=1S/C19H16N2O3/c20-17-13-7-12-16(19(22)21-14-8-3-1-4-9-14)18(17)24-23-15-10-5-2-6-11-15/h1-13H,20H2,(H,21,22). The highest BCUT2D eigenvalue weighted by Crippen LogP contribution is 2.28. The number of rotatable bonds is 5. The van der Waals surface area contributed by atoms with E-state index in [0.29, 0.717) is 17.1 Å². The predicted octanol–water partition coefficient (Wildman–Crippen LogP) is 3.89. The lowest BCUT2D eigenvalue weighted by Crippen LogP contribution is -2.15. The van der Waals surface area contributed by atoms with Crippen molar-refractivity contribution in [3.8, 4) is 11.5 Å². The number of hydrogen-bond acceptors (Lipinski definition) is 4. The average Bonchev–Trinajstić information content (AvgIpc) is 2.62. The minimum Gasteiger partial charge on any atom is -0.396 e. The minimum absolute atomic E-state index is 0.176. The van der Waals surface area contributed by atoms with Crippen LogP contribution in [0.3, 0.4) is 0 Å². The quantitative estimate of drug-likeness (QED) is 0.425. The Morgan fingerprint density at radius 1 is 0.792 bits per heavy atom. The number of nitrogens with one attached hydrogen (secondary N) is 1. The van der Waals surface area contributed by atoms with E-state index in [-0.39, 0.29) is 17.2 Å². The maximum Gasteiger partial charge on any atom is 0.259 e. The van der Waals surface area contributed by atoms with Gasteiger partial charge in [0.05, 0.1) is 11.3 Å². The third kappa shape index (κ3) is 3.64. The van der Waals surface area contributed by atoms with Crippen molar-refractivity contribution in [1.29, 1.82) is 0 Å². The predicted molar refractivity (Wildman–Crippen MR) is 92.9 cm³/mol. The number of carbonyl (C=O) groups is 1. The van der Waals surface area contributed by atoms with Crippen LogP contribution in [0.1, 0.15) is 10.4 Å². The van der Waals surface area contributed by atoms with Crippen molar-refractivity contribution < 1.29 is 14.6 Å². The second-order valence-corrected chi connectivity index (χ2v) is 5.02. The molecule has 0 heterocycles. The van der Waals surface area contributed by atoms with Crippen molar-refractivity contribution in [3.05, 3.63) is 84.4 Å². The number of nitrogens with two attached hydrogens (primary N) is 1. The zero-order chi connectivity index (χ0) is 16.8. The Balaban J connectivity index is 1.80. The van der Waals surface area contributed by atoms with E-state index >= 15 is 0 Å². The summed E-state index contributed by atoms with van der Waals surface area (Å²) in [7, 11) is 0. The van der Waals surface area contributed by atoms with Crippen LogP contribution in [-0.4, -0.2) is 5.91 Å². The molecule has 3 rings (SSSR count). The van der Waals surface area contributed by atoms with Crippen LogP contribution in [0.5, 0.6) is 11.5 Å². The summed E-state index contributed by atoms with van der Waals surface area (Å²) in [4.78, 5) is 23.1. The Bertz CT molecular complexity index is 821. The summed E-state index contributed by atoms with van der Waals surface area (Å²) in [5.74, 6) is 0.352. The van der Waals surface area contributed by atoms with E-state index < -0.39 is 0 Å². The van der Waals surface area contributed by atoms with Gasteiger partial charge in [-0.15, -0.1) is 0 Å². The first-order chi connectivity index (χ1) is 11.7. The van der Waals surface area contributed by atoms with Gasteiger partial charge in [-0.2, -0.15) is 0 Å². The van der Waals surface area contributed by atoms with Crippen LogP contribution in [0, 0.1) is 0 Å². The van der Waals surface area contributed by atoms with Gasteiger partial charge >= 0.3 is 0 Å². The number of benzene rings is 3. The van der Waals surface area contributed by atoms with Crippen molar-refractivity contribution >= 4 is 17.3 Å². The Kier molecular flexibility index (Phi) is 4.62. The topological polar surface area (TPSA) is 73.6 Å². The molecule has 0 aliphatic rings. The monoisotopic (exact) mass is 320 g/mol. The molecule has 0 saturated heterocycles. The normalized spacial score (nSPS) is 10.0. The van der Waals surface area contributed by atoms with Crippen molar-refractivity contribution in [2.75, 3.05) is 11.1 Å². The van der Waals surface area contributed by atoms with Gasteiger partial charge in [0.1, 0.15) is 0 Å². The maximum atomic E-state index is 12.5. The summed E-state index contributed by atoms with van der Waals surface area (Å²) in [5.41, 5.74) is 7.21. The summed E-state index contributed by atoms with van der Waals surface area (Å²) in [6.07, 6.45) is 0. The molecule has 24 heavy (non-hydrogen) atoms. The fourth-order valence-electron chi connectivity index (χ4n) is 2.11.